The van der Waals surface area contributed by atoms with Crippen molar-refractivity contribution in [2.75, 3.05) is 18.0 Å². The van der Waals surface area contributed by atoms with Crippen LogP contribution in [-0.2, 0) is 4.74 Å². The number of amides is 2. The second-order valence-corrected chi connectivity index (χ2v) is 10.7. The van der Waals surface area contributed by atoms with Crippen LogP contribution in [0, 0.1) is 5.92 Å². The van der Waals surface area contributed by atoms with Gasteiger partial charge in [-0.1, -0.05) is 11.6 Å². The van der Waals surface area contributed by atoms with E-state index < -0.39 is 17.2 Å². The molecule has 1 saturated carbocycles. The minimum atomic E-state index is -0.566. The number of alkyl carbamates (subject to hydrolysis) is 1. The van der Waals surface area contributed by atoms with Crippen LogP contribution in [0.15, 0.2) is 10.7 Å². The molecule has 2 heterocycles. The Balaban J connectivity index is 1.79. The minimum Gasteiger partial charge on any atom is -0.444 e. The zero-order valence-electron chi connectivity index (χ0n) is 18.1. The Hall–Kier alpha value is -1.54. The van der Waals surface area contributed by atoms with Gasteiger partial charge in [0.1, 0.15) is 10.8 Å². The fraction of sp³-hybridized carbons (Fsp3) is 0.667. The van der Waals surface area contributed by atoms with E-state index in [9.17, 15) is 9.59 Å². The summed E-state index contributed by atoms with van der Waals surface area (Å²) < 4.78 is 5.99. The standard InChI is InChI=1S/C21H30BrClN4O3/c1-12(13-6-7-13)25-18(28)14-10-24-17(23)15(22)16(14)27-9-8-21(5,11-27)26-19(29)30-20(2,3)4/h10,12-13H,6-9,11H2,1-5H3,(H,25,28)(H,26,29)/t12-,21-/m0/s1. The van der Waals surface area contributed by atoms with E-state index in [-0.39, 0.29) is 11.9 Å². The summed E-state index contributed by atoms with van der Waals surface area (Å²) in [4.78, 5) is 31.5. The molecule has 0 unspecified atom stereocenters. The zero-order chi connectivity index (χ0) is 22.3. The van der Waals surface area contributed by atoms with Crippen LogP contribution < -0.4 is 15.5 Å². The predicted molar refractivity (Wildman–Crippen MR) is 121 cm³/mol. The Morgan fingerprint density at radius 3 is 2.67 bits per heavy atom. The van der Waals surface area contributed by atoms with Crippen molar-refractivity contribution in [3.8, 4) is 0 Å². The van der Waals surface area contributed by atoms with Crippen LogP contribution in [-0.4, -0.2) is 47.3 Å². The van der Waals surface area contributed by atoms with Crippen LogP contribution in [0.4, 0.5) is 10.5 Å². The fourth-order valence-electron chi connectivity index (χ4n) is 3.73. The molecular weight excluding hydrogens is 472 g/mol. The predicted octanol–water partition coefficient (Wildman–Crippen LogP) is 4.52. The summed E-state index contributed by atoms with van der Waals surface area (Å²) in [5, 5.41) is 6.37. The van der Waals surface area contributed by atoms with E-state index in [2.05, 4.69) is 36.4 Å². The fourth-order valence-corrected chi connectivity index (χ4v) is 4.44. The maximum atomic E-state index is 13.0. The molecule has 1 saturated heterocycles. The third-order valence-electron chi connectivity index (χ3n) is 5.48. The van der Waals surface area contributed by atoms with Gasteiger partial charge in [-0.25, -0.2) is 9.78 Å². The number of aromatic nitrogens is 1. The van der Waals surface area contributed by atoms with Gasteiger partial charge >= 0.3 is 6.09 Å². The van der Waals surface area contributed by atoms with Crippen molar-refractivity contribution >= 4 is 45.2 Å². The molecule has 0 bridgehead atoms. The van der Waals surface area contributed by atoms with E-state index in [1.54, 1.807) is 0 Å². The van der Waals surface area contributed by atoms with Crippen molar-refractivity contribution in [2.24, 2.45) is 5.92 Å². The van der Waals surface area contributed by atoms with E-state index in [1.165, 1.54) is 6.20 Å². The normalized spacial score (nSPS) is 22.6. The SMILES string of the molecule is C[C@H](NC(=O)c1cnc(Cl)c(Br)c1N1CC[C@](C)(NC(=O)OC(C)(C)C)C1)C1CC1. The monoisotopic (exact) mass is 500 g/mol. The lowest BCUT2D eigenvalue weighted by Gasteiger charge is -2.30. The van der Waals surface area contributed by atoms with Crippen LogP contribution in [0.3, 0.4) is 0 Å². The van der Waals surface area contributed by atoms with Crippen LogP contribution in [0.1, 0.15) is 64.2 Å². The summed E-state index contributed by atoms with van der Waals surface area (Å²) in [6.45, 7) is 10.7. The molecule has 1 aromatic heterocycles. The molecule has 1 aromatic rings. The maximum absolute atomic E-state index is 13.0. The van der Waals surface area contributed by atoms with Gasteiger partial charge in [-0.05, 0) is 75.7 Å². The second kappa shape index (κ2) is 8.54. The van der Waals surface area contributed by atoms with Crippen molar-refractivity contribution in [1.29, 1.82) is 0 Å². The van der Waals surface area contributed by atoms with Gasteiger partial charge in [0.2, 0.25) is 0 Å². The number of hydrogen-bond acceptors (Lipinski definition) is 5. The van der Waals surface area contributed by atoms with Crippen LogP contribution in [0.5, 0.6) is 0 Å². The molecule has 0 spiro atoms. The number of rotatable bonds is 5. The third-order valence-corrected chi connectivity index (χ3v) is 6.74. The number of nitrogens with zero attached hydrogens (tertiary/aromatic N) is 2. The quantitative estimate of drug-likeness (QED) is 0.580. The first-order chi connectivity index (χ1) is 13.9. The van der Waals surface area contributed by atoms with Crippen molar-refractivity contribution in [3.63, 3.8) is 0 Å². The largest absolute Gasteiger partial charge is 0.444 e. The number of hydrogen-bond donors (Lipinski definition) is 2. The first-order valence-corrected chi connectivity index (χ1v) is 11.5. The highest BCUT2D eigenvalue weighted by atomic mass is 79.9. The smallest absolute Gasteiger partial charge is 0.408 e. The summed E-state index contributed by atoms with van der Waals surface area (Å²) in [6, 6.07) is 0.123. The van der Waals surface area contributed by atoms with Crippen LogP contribution in [0.2, 0.25) is 5.15 Å². The topological polar surface area (TPSA) is 83.6 Å². The van der Waals surface area contributed by atoms with Gasteiger partial charge in [-0.3, -0.25) is 4.79 Å². The minimum absolute atomic E-state index is 0.123. The summed E-state index contributed by atoms with van der Waals surface area (Å²) in [7, 11) is 0. The number of ether oxygens (including phenoxy) is 1. The number of nitrogens with one attached hydrogen (secondary N) is 2. The number of pyridine rings is 1. The van der Waals surface area contributed by atoms with E-state index >= 15 is 0 Å². The van der Waals surface area contributed by atoms with Crippen LogP contribution in [0.25, 0.3) is 0 Å². The second-order valence-electron chi connectivity index (χ2n) is 9.58. The molecule has 0 radical (unpaired) electrons. The lowest BCUT2D eigenvalue weighted by atomic mass is 10.0. The van der Waals surface area contributed by atoms with Gasteiger partial charge in [0, 0.05) is 25.3 Å². The Morgan fingerprint density at radius 1 is 1.40 bits per heavy atom. The van der Waals surface area contributed by atoms with Gasteiger partial charge in [0.05, 0.1) is 21.3 Å². The molecule has 7 nitrogen and oxygen atoms in total. The molecule has 3 rings (SSSR count). The first kappa shape index (κ1) is 23.1. The van der Waals surface area contributed by atoms with Gasteiger partial charge < -0.3 is 20.3 Å². The summed E-state index contributed by atoms with van der Waals surface area (Å²) >= 11 is 9.77. The Morgan fingerprint density at radius 2 is 2.07 bits per heavy atom. The molecule has 2 N–H and O–H groups in total. The number of carbonyl (C=O) groups is 2. The van der Waals surface area contributed by atoms with Gasteiger partial charge in [0.25, 0.3) is 5.91 Å². The van der Waals surface area contributed by atoms with E-state index in [0.717, 1.165) is 12.8 Å². The molecule has 1 aliphatic heterocycles. The highest BCUT2D eigenvalue weighted by molar-refractivity contribution is 9.10. The van der Waals surface area contributed by atoms with Crippen molar-refractivity contribution in [1.82, 2.24) is 15.6 Å². The van der Waals surface area contributed by atoms with E-state index in [0.29, 0.717) is 46.3 Å². The molecule has 0 aromatic carbocycles. The van der Waals surface area contributed by atoms with Crippen molar-refractivity contribution < 1.29 is 14.3 Å². The van der Waals surface area contributed by atoms with E-state index in [1.807, 2.05) is 34.6 Å². The summed E-state index contributed by atoms with van der Waals surface area (Å²) in [5.41, 5.74) is 0.113. The number of carbonyl (C=O) groups excluding carboxylic acids is 2. The summed E-state index contributed by atoms with van der Waals surface area (Å²) in [5.74, 6) is 0.386. The Bertz CT molecular complexity index is 840. The lowest BCUT2D eigenvalue weighted by molar-refractivity contribution is 0.0473. The average molecular weight is 502 g/mol. The number of anilines is 1. The van der Waals surface area contributed by atoms with Gasteiger partial charge in [-0.15, -0.1) is 0 Å². The molecule has 2 amide bonds. The molecule has 30 heavy (non-hydrogen) atoms. The Kier molecular flexibility index (Phi) is 6.58. The highest BCUT2D eigenvalue weighted by Crippen LogP contribution is 2.39. The Labute approximate surface area is 191 Å². The summed E-state index contributed by atoms with van der Waals surface area (Å²) in [6.07, 6.45) is 4.08. The molecule has 2 atom stereocenters. The van der Waals surface area contributed by atoms with Crippen LogP contribution >= 0.6 is 27.5 Å². The third kappa shape index (κ3) is 5.58. The maximum Gasteiger partial charge on any atom is 0.408 e. The molecule has 166 valence electrons. The van der Waals surface area contributed by atoms with Crippen molar-refractivity contribution in [3.05, 3.63) is 21.4 Å². The molecule has 2 aliphatic rings. The first-order valence-electron chi connectivity index (χ1n) is 10.3. The lowest BCUT2D eigenvalue weighted by Crippen LogP contribution is -2.49. The molecule has 1 aliphatic carbocycles. The zero-order valence-corrected chi connectivity index (χ0v) is 20.5. The average Bonchev–Trinajstić information content (AvgIpc) is 3.39. The molecule has 9 heteroatoms. The van der Waals surface area contributed by atoms with Crippen molar-refractivity contribution in [2.45, 2.75) is 71.1 Å². The molecular formula is C21H30BrClN4O3. The van der Waals surface area contributed by atoms with E-state index in [4.69, 9.17) is 16.3 Å². The highest BCUT2D eigenvalue weighted by Gasteiger charge is 2.39. The van der Waals surface area contributed by atoms with Gasteiger partial charge in [0.15, 0.2) is 0 Å². The number of halogens is 2. The molecule has 2 fully saturated rings. The van der Waals surface area contributed by atoms with Gasteiger partial charge in [-0.2, -0.15) is 0 Å².